The van der Waals surface area contributed by atoms with Crippen LogP contribution in [0.5, 0.6) is 11.5 Å². The van der Waals surface area contributed by atoms with Crippen molar-refractivity contribution in [1.29, 1.82) is 0 Å². The third kappa shape index (κ3) is 4.33. The third-order valence-electron chi connectivity index (χ3n) is 3.34. The molecule has 8 heteroatoms. The molecular formula is C17H21N3O4S. The van der Waals surface area contributed by atoms with Gasteiger partial charge < -0.3 is 14.8 Å². The average molecular weight is 363 g/mol. The van der Waals surface area contributed by atoms with Gasteiger partial charge in [-0.05, 0) is 45.0 Å². The monoisotopic (exact) mass is 363 g/mol. The molecule has 0 fully saturated rings. The van der Waals surface area contributed by atoms with Crippen LogP contribution in [-0.4, -0.2) is 32.2 Å². The van der Waals surface area contributed by atoms with Gasteiger partial charge in [0.2, 0.25) is 0 Å². The van der Waals surface area contributed by atoms with E-state index >= 15 is 0 Å². The molecule has 0 radical (unpaired) electrons. The molecule has 0 bridgehead atoms. The van der Waals surface area contributed by atoms with Gasteiger partial charge in [-0.25, -0.2) is 13.4 Å². The summed E-state index contributed by atoms with van der Waals surface area (Å²) in [5.74, 6) is 1.65. The molecule has 25 heavy (non-hydrogen) atoms. The third-order valence-corrected chi connectivity index (χ3v) is 4.72. The number of benzene rings is 1. The molecule has 1 aromatic heterocycles. The highest BCUT2D eigenvalue weighted by molar-refractivity contribution is 7.92. The summed E-state index contributed by atoms with van der Waals surface area (Å²) >= 11 is 0. The minimum Gasteiger partial charge on any atom is -0.486 e. The van der Waals surface area contributed by atoms with Crippen molar-refractivity contribution in [2.75, 3.05) is 23.3 Å². The average Bonchev–Trinajstić information content (AvgIpc) is 2.55. The Labute approximate surface area is 147 Å². The van der Waals surface area contributed by atoms with Crippen molar-refractivity contribution >= 4 is 21.5 Å². The van der Waals surface area contributed by atoms with Gasteiger partial charge in [-0.3, -0.25) is 4.72 Å². The van der Waals surface area contributed by atoms with Gasteiger partial charge in [0.1, 0.15) is 19.0 Å². The first-order chi connectivity index (χ1) is 11.7. The number of nitrogens with one attached hydrogen (secondary N) is 2. The molecule has 3 rings (SSSR count). The molecule has 2 heterocycles. The number of sulfonamides is 1. The van der Waals surface area contributed by atoms with Crippen molar-refractivity contribution in [2.24, 2.45) is 0 Å². The highest BCUT2D eigenvalue weighted by atomic mass is 32.2. The molecule has 1 aliphatic heterocycles. The Kier molecular flexibility index (Phi) is 4.47. The Morgan fingerprint density at radius 1 is 1.04 bits per heavy atom. The number of anilines is 2. The summed E-state index contributed by atoms with van der Waals surface area (Å²) in [5.41, 5.74) is 0.258. The van der Waals surface area contributed by atoms with Gasteiger partial charge in [0, 0.05) is 11.6 Å². The van der Waals surface area contributed by atoms with E-state index in [0.717, 1.165) is 0 Å². The minimum absolute atomic E-state index is 0.105. The van der Waals surface area contributed by atoms with E-state index in [2.05, 4.69) is 15.0 Å². The second kappa shape index (κ2) is 6.44. The van der Waals surface area contributed by atoms with Crippen LogP contribution < -0.4 is 19.5 Å². The van der Waals surface area contributed by atoms with Crippen molar-refractivity contribution < 1.29 is 17.9 Å². The zero-order chi connectivity index (χ0) is 18.1. The van der Waals surface area contributed by atoms with Gasteiger partial charge in [0.25, 0.3) is 10.0 Å². The molecule has 0 saturated heterocycles. The smallest absolute Gasteiger partial charge is 0.262 e. The summed E-state index contributed by atoms with van der Waals surface area (Å²) < 4.78 is 38.5. The van der Waals surface area contributed by atoms with E-state index in [1.54, 1.807) is 18.2 Å². The van der Waals surface area contributed by atoms with Crippen LogP contribution in [0.4, 0.5) is 11.5 Å². The van der Waals surface area contributed by atoms with Gasteiger partial charge in [0.05, 0.1) is 16.8 Å². The standard InChI is InChI=1S/C17H21N3O4S/c1-17(2,3)19-16-7-4-12(11-18-16)20-25(21,22)13-5-6-14-15(10-13)24-9-8-23-14/h4-7,10-11,20H,8-9H2,1-3H3,(H,18,19). The van der Waals surface area contributed by atoms with Crippen LogP contribution in [0, 0.1) is 0 Å². The normalized spacial score (nSPS) is 14.0. The molecule has 134 valence electrons. The molecule has 1 aliphatic rings. The number of pyridine rings is 1. The summed E-state index contributed by atoms with van der Waals surface area (Å²) in [6.45, 7) is 6.92. The molecule has 0 spiro atoms. The zero-order valence-electron chi connectivity index (χ0n) is 14.4. The fraction of sp³-hybridized carbons (Fsp3) is 0.353. The molecular weight excluding hydrogens is 342 g/mol. The number of ether oxygens (including phenoxy) is 2. The maximum Gasteiger partial charge on any atom is 0.262 e. The number of aromatic nitrogens is 1. The lowest BCUT2D eigenvalue weighted by molar-refractivity contribution is 0.171. The lowest BCUT2D eigenvalue weighted by atomic mass is 10.1. The predicted molar refractivity (Wildman–Crippen MR) is 95.9 cm³/mol. The fourth-order valence-corrected chi connectivity index (χ4v) is 3.38. The van der Waals surface area contributed by atoms with Crippen molar-refractivity contribution in [3.8, 4) is 11.5 Å². The van der Waals surface area contributed by atoms with Crippen LogP contribution in [-0.2, 0) is 10.0 Å². The van der Waals surface area contributed by atoms with Crippen LogP contribution in [0.15, 0.2) is 41.4 Å². The van der Waals surface area contributed by atoms with Crippen LogP contribution in [0.3, 0.4) is 0 Å². The van der Waals surface area contributed by atoms with E-state index in [4.69, 9.17) is 9.47 Å². The maximum absolute atomic E-state index is 12.6. The first kappa shape index (κ1) is 17.3. The topological polar surface area (TPSA) is 89.5 Å². The Bertz CT molecular complexity index is 858. The Morgan fingerprint density at radius 3 is 2.40 bits per heavy atom. The van der Waals surface area contributed by atoms with Crippen LogP contribution >= 0.6 is 0 Å². The molecule has 0 saturated carbocycles. The number of fused-ring (bicyclic) bond motifs is 1. The molecule has 0 unspecified atom stereocenters. The number of nitrogens with zero attached hydrogens (tertiary/aromatic N) is 1. The SMILES string of the molecule is CC(C)(C)Nc1ccc(NS(=O)(=O)c2ccc3c(c2)OCCO3)cn1. The van der Waals surface area contributed by atoms with E-state index in [1.807, 2.05) is 20.8 Å². The molecule has 1 aromatic carbocycles. The van der Waals surface area contributed by atoms with E-state index in [1.165, 1.54) is 18.3 Å². The maximum atomic E-state index is 12.6. The van der Waals surface area contributed by atoms with E-state index < -0.39 is 10.0 Å². The van der Waals surface area contributed by atoms with Crippen LogP contribution in [0.2, 0.25) is 0 Å². The van der Waals surface area contributed by atoms with E-state index in [9.17, 15) is 8.42 Å². The number of hydrogen-bond acceptors (Lipinski definition) is 6. The Morgan fingerprint density at radius 2 is 1.76 bits per heavy atom. The van der Waals surface area contributed by atoms with Gasteiger partial charge >= 0.3 is 0 Å². The van der Waals surface area contributed by atoms with Crippen molar-refractivity contribution in [3.63, 3.8) is 0 Å². The first-order valence-electron chi connectivity index (χ1n) is 7.90. The van der Waals surface area contributed by atoms with E-state index in [0.29, 0.717) is 36.2 Å². The molecule has 2 N–H and O–H groups in total. The van der Waals surface area contributed by atoms with Gasteiger partial charge in [-0.1, -0.05) is 0 Å². The molecule has 0 atom stereocenters. The Balaban J connectivity index is 1.77. The number of hydrogen-bond donors (Lipinski definition) is 2. The second-order valence-electron chi connectivity index (χ2n) is 6.72. The van der Waals surface area contributed by atoms with E-state index in [-0.39, 0.29) is 10.4 Å². The van der Waals surface area contributed by atoms with Crippen molar-refractivity contribution in [2.45, 2.75) is 31.2 Å². The molecule has 0 amide bonds. The first-order valence-corrected chi connectivity index (χ1v) is 9.38. The Hall–Kier alpha value is -2.48. The summed E-state index contributed by atoms with van der Waals surface area (Å²) in [7, 11) is -3.74. The van der Waals surface area contributed by atoms with Crippen LogP contribution in [0.25, 0.3) is 0 Å². The zero-order valence-corrected chi connectivity index (χ0v) is 15.2. The van der Waals surface area contributed by atoms with Gasteiger partial charge in [-0.15, -0.1) is 0 Å². The summed E-state index contributed by atoms with van der Waals surface area (Å²) in [5, 5.41) is 3.22. The molecule has 7 nitrogen and oxygen atoms in total. The van der Waals surface area contributed by atoms with Crippen molar-refractivity contribution in [1.82, 2.24) is 4.98 Å². The largest absolute Gasteiger partial charge is 0.486 e. The summed E-state index contributed by atoms with van der Waals surface area (Å²) in [6, 6.07) is 7.93. The molecule has 2 aromatic rings. The summed E-state index contributed by atoms with van der Waals surface area (Å²) in [6.07, 6.45) is 1.48. The van der Waals surface area contributed by atoms with Crippen LogP contribution in [0.1, 0.15) is 20.8 Å². The fourth-order valence-electron chi connectivity index (χ4n) is 2.32. The second-order valence-corrected chi connectivity index (χ2v) is 8.40. The highest BCUT2D eigenvalue weighted by Crippen LogP contribution is 2.32. The van der Waals surface area contributed by atoms with Crippen molar-refractivity contribution in [3.05, 3.63) is 36.5 Å². The number of rotatable bonds is 4. The lowest BCUT2D eigenvalue weighted by Crippen LogP contribution is -2.26. The molecule has 0 aliphatic carbocycles. The van der Waals surface area contributed by atoms with Gasteiger partial charge in [0.15, 0.2) is 11.5 Å². The summed E-state index contributed by atoms with van der Waals surface area (Å²) in [4.78, 5) is 4.33. The minimum atomic E-state index is -3.74. The predicted octanol–water partition coefficient (Wildman–Crippen LogP) is 2.86. The van der Waals surface area contributed by atoms with Gasteiger partial charge in [-0.2, -0.15) is 0 Å². The lowest BCUT2D eigenvalue weighted by Gasteiger charge is -2.21. The quantitative estimate of drug-likeness (QED) is 0.868. The highest BCUT2D eigenvalue weighted by Gasteiger charge is 2.19.